The first kappa shape index (κ1) is 16.7. The number of hydrogen-bond acceptors (Lipinski definition) is 6. The number of ether oxygens (including phenoxy) is 1. The molecule has 2 aromatic heterocycles. The summed E-state index contributed by atoms with van der Waals surface area (Å²) >= 11 is 1.54. The SMILES string of the molecule is Cn1nc(C(=O)N2CCC(Oc3nc4ccccc4s3)CC2)ccc1=O. The summed E-state index contributed by atoms with van der Waals surface area (Å²) in [6.45, 7) is 1.19. The average molecular weight is 370 g/mol. The van der Waals surface area contributed by atoms with E-state index in [1.807, 2.05) is 24.3 Å². The summed E-state index contributed by atoms with van der Waals surface area (Å²) < 4.78 is 8.30. The quantitative estimate of drug-likeness (QED) is 0.705. The number of benzene rings is 1. The van der Waals surface area contributed by atoms with Crippen LogP contribution in [0.25, 0.3) is 10.2 Å². The smallest absolute Gasteiger partial charge is 0.274 e. The van der Waals surface area contributed by atoms with Gasteiger partial charge in [0.1, 0.15) is 11.8 Å². The van der Waals surface area contributed by atoms with Gasteiger partial charge in [-0.15, -0.1) is 0 Å². The van der Waals surface area contributed by atoms with Crippen LogP contribution in [0.1, 0.15) is 23.3 Å². The number of thiazole rings is 1. The van der Waals surface area contributed by atoms with Crippen LogP contribution in [0.15, 0.2) is 41.2 Å². The average Bonchev–Trinajstić information content (AvgIpc) is 3.06. The summed E-state index contributed by atoms with van der Waals surface area (Å²) in [5.74, 6) is -0.154. The first-order valence-corrected chi connectivity index (χ1v) is 9.28. The lowest BCUT2D eigenvalue weighted by atomic mass is 10.1. The molecule has 0 unspecified atom stereocenters. The molecule has 3 aromatic rings. The molecule has 0 radical (unpaired) electrons. The third kappa shape index (κ3) is 3.32. The van der Waals surface area contributed by atoms with E-state index in [9.17, 15) is 9.59 Å². The van der Waals surface area contributed by atoms with Gasteiger partial charge in [-0.25, -0.2) is 9.67 Å². The largest absolute Gasteiger partial charge is 0.467 e. The van der Waals surface area contributed by atoms with E-state index in [1.54, 1.807) is 16.2 Å². The molecule has 7 nitrogen and oxygen atoms in total. The van der Waals surface area contributed by atoms with Crippen molar-refractivity contribution >= 4 is 27.5 Å². The lowest BCUT2D eigenvalue weighted by molar-refractivity contribution is 0.0588. The van der Waals surface area contributed by atoms with Gasteiger partial charge < -0.3 is 9.64 Å². The number of para-hydroxylation sites is 1. The van der Waals surface area contributed by atoms with Gasteiger partial charge in [0.25, 0.3) is 16.7 Å². The van der Waals surface area contributed by atoms with Crippen molar-refractivity contribution in [2.75, 3.05) is 13.1 Å². The van der Waals surface area contributed by atoms with Gasteiger partial charge >= 0.3 is 0 Å². The Balaban J connectivity index is 1.38. The molecule has 0 aliphatic carbocycles. The zero-order valence-electron chi connectivity index (χ0n) is 14.3. The molecule has 3 heterocycles. The number of rotatable bonds is 3. The molecule has 1 fully saturated rings. The van der Waals surface area contributed by atoms with Crippen molar-refractivity contribution in [1.82, 2.24) is 19.7 Å². The Morgan fingerprint density at radius 2 is 1.96 bits per heavy atom. The lowest BCUT2D eigenvalue weighted by Crippen LogP contribution is -2.42. The topological polar surface area (TPSA) is 77.3 Å². The van der Waals surface area contributed by atoms with Crippen molar-refractivity contribution in [1.29, 1.82) is 0 Å². The minimum absolute atomic E-state index is 0.0488. The van der Waals surface area contributed by atoms with Gasteiger partial charge in [-0.1, -0.05) is 23.5 Å². The van der Waals surface area contributed by atoms with Gasteiger partial charge in [0.05, 0.1) is 10.2 Å². The molecule has 0 saturated carbocycles. The Morgan fingerprint density at radius 3 is 2.69 bits per heavy atom. The number of aryl methyl sites for hydroxylation is 1. The molecule has 1 aliphatic heterocycles. The van der Waals surface area contributed by atoms with Crippen LogP contribution in [-0.4, -0.2) is 44.8 Å². The molecule has 134 valence electrons. The van der Waals surface area contributed by atoms with Crippen LogP contribution in [-0.2, 0) is 7.05 Å². The van der Waals surface area contributed by atoms with Crippen LogP contribution in [0, 0.1) is 0 Å². The Kier molecular flexibility index (Phi) is 4.42. The van der Waals surface area contributed by atoms with Crippen molar-refractivity contribution in [3.8, 4) is 5.19 Å². The zero-order chi connectivity index (χ0) is 18.1. The molecule has 1 aromatic carbocycles. The number of carbonyl (C=O) groups excluding carboxylic acids is 1. The summed E-state index contributed by atoms with van der Waals surface area (Å²) in [5, 5.41) is 4.71. The summed E-state index contributed by atoms with van der Waals surface area (Å²) in [7, 11) is 1.54. The van der Waals surface area contributed by atoms with Crippen LogP contribution in [0.5, 0.6) is 5.19 Å². The number of hydrogen-bond donors (Lipinski definition) is 0. The molecule has 0 bridgehead atoms. The normalized spacial score (nSPS) is 15.3. The number of amides is 1. The highest BCUT2D eigenvalue weighted by Crippen LogP contribution is 2.29. The second kappa shape index (κ2) is 6.87. The second-order valence-electron chi connectivity index (χ2n) is 6.24. The Bertz CT molecular complexity index is 972. The van der Waals surface area contributed by atoms with E-state index in [-0.39, 0.29) is 23.3 Å². The number of aromatic nitrogens is 3. The van der Waals surface area contributed by atoms with E-state index in [0.29, 0.717) is 18.3 Å². The molecule has 0 N–H and O–H groups in total. The van der Waals surface area contributed by atoms with E-state index in [1.165, 1.54) is 23.9 Å². The third-order valence-electron chi connectivity index (χ3n) is 4.45. The Morgan fingerprint density at radius 1 is 1.19 bits per heavy atom. The number of fused-ring (bicyclic) bond motifs is 1. The van der Waals surface area contributed by atoms with Gasteiger partial charge in [0.2, 0.25) is 0 Å². The third-order valence-corrected chi connectivity index (χ3v) is 5.38. The van der Waals surface area contributed by atoms with Gasteiger partial charge in [-0.3, -0.25) is 9.59 Å². The summed E-state index contributed by atoms with van der Waals surface area (Å²) in [5.41, 5.74) is 1.00. The minimum Gasteiger partial charge on any atom is -0.467 e. The van der Waals surface area contributed by atoms with Crippen molar-refractivity contribution in [3.63, 3.8) is 0 Å². The molecule has 26 heavy (non-hydrogen) atoms. The molecule has 4 rings (SSSR count). The number of piperidine rings is 1. The van der Waals surface area contributed by atoms with E-state index >= 15 is 0 Å². The highest BCUT2D eigenvalue weighted by molar-refractivity contribution is 7.20. The Labute approximate surface area is 153 Å². The van der Waals surface area contributed by atoms with Gasteiger partial charge in [0, 0.05) is 39.0 Å². The second-order valence-corrected chi connectivity index (χ2v) is 7.23. The highest BCUT2D eigenvalue weighted by atomic mass is 32.1. The highest BCUT2D eigenvalue weighted by Gasteiger charge is 2.26. The summed E-state index contributed by atoms with van der Waals surface area (Å²) in [6, 6.07) is 10.8. The van der Waals surface area contributed by atoms with Crippen LogP contribution in [0.4, 0.5) is 0 Å². The van der Waals surface area contributed by atoms with Crippen molar-refractivity contribution in [3.05, 3.63) is 52.4 Å². The van der Waals surface area contributed by atoms with E-state index < -0.39 is 0 Å². The van der Waals surface area contributed by atoms with Crippen LogP contribution < -0.4 is 10.3 Å². The number of carbonyl (C=O) groups is 1. The maximum Gasteiger partial charge on any atom is 0.274 e. The predicted octanol–water partition coefficient (Wildman–Crippen LogP) is 2.07. The van der Waals surface area contributed by atoms with Gasteiger partial charge in [-0.2, -0.15) is 5.10 Å². The molecule has 8 heteroatoms. The van der Waals surface area contributed by atoms with Gasteiger partial charge in [0.15, 0.2) is 0 Å². The molecule has 1 saturated heterocycles. The molecule has 0 spiro atoms. The fourth-order valence-electron chi connectivity index (χ4n) is 3.00. The van der Waals surface area contributed by atoms with Crippen LogP contribution in [0.2, 0.25) is 0 Å². The fourth-order valence-corrected chi connectivity index (χ4v) is 3.88. The van der Waals surface area contributed by atoms with Gasteiger partial charge in [-0.05, 0) is 18.2 Å². The van der Waals surface area contributed by atoms with E-state index in [0.717, 1.165) is 23.1 Å². The predicted molar refractivity (Wildman–Crippen MR) is 98.7 cm³/mol. The lowest BCUT2D eigenvalue weighted by Gasteiger charge is -2.31. The molecular weight excluding hydrogens is 352 g/mol. The van der Waals surface area contributed by atoms with Crippen LogP contribution in [0.3, 0.4) is 0 Å². The molecule has 1 aliphatic rings. The van der Waals surface area contributed by atoms with Crippen molar-refractivity contribution < 1.29 is 9.53 Å². The van der Waals surface area contributed by atoms with E-state index in [4.69, 9.17) is 4.74 Å². The first-order valence-electron chi connectivity index (χ1n) is 8.46. The van der Waals surface area contributed by atoms with E-state index in [2.05, 4.69) is 10.1 Å². The van der Waals surface area contributed by atoms with Crippen LogP contribution >= 0.6 is 11.3 Å². The number of likely N-dealkylation sites (tertiary alicyclic amines) is 1. The minimum atomic E-state index is -0.232. The molecular formula is C18H18N4O3S. The fraction of sp³-hybridized carbons (Fsp3) is 0.333. The molecule has 0 atom stereocenters. The summed E-state index contributed by atoms with van der Waals surface area (Å²) in [4.78, 5) is 30.2. The maximum atomic E-state index is 12.5. The Hall–Kier alpha value is -2.74. The first-order chi connectivity index (χ1) is 12.6. The molecule has 1 amide bonds. The zero-order valence-corrected chi connectivity index (χ0v) is 15.1. The van der Waals surface area contributed by atoms with Crippen molar-refractivity contribution in [2.45, 2.75) is 18.9 Å². The standard InChI is InChI=1S/C18H18N4O3S/c1-21-16(23)7-6-14(20-21)17(24)22-10-8-12(9-11-22)25-18-19-13-4-2-3-5-15(13)26-18/h2-7,12H,8-11H2,1H3. The monoisotopic (exact) mass is 370 g/mol. The maximum absolute atomic E-state index is 12.5. The summed E-state index contributed by atoms with van der Waals surface area (Å²) in [6.07, 6.45) is 1.54. The number of nitrogens with zero attached hydrogens (tertiary/aromatic N) is 4. The van der Waals surface area contributed by atoms with Crippen molar-refractivity contribution in [2.24, 2.45) is 7.05 Å².